The number of benzene rings is 1. The fourth-order valence-corrected chi connectivity index (χ4v) is 3.45. The first-order chi connectivity index (χ1) is 13.2. The number of hydrogen-bond donors (Lipinski definition) is 2. The summed E-state index contributed by atoms with van der Waals surface area (Å²) in [6.45, 7) is -0.130. The van der Waals surface area contributed by atoms with Gasteiger partial charge in [0.15, 0.2) is 5.65 Å². The van der Waals surface area contributed by atoms with Gasteiger partial charge in [-0.1, -0.05) is 30.3 Å². The van der Waals surface area contributed by atoms with E-state index in [1.54, 1.807) is 30.5 Å². The molecule has 2 N–H and O–H groups in total. The van der Waals surface area contributed by atoms with E-state index < -0.39 is 18.4 Å². The van der Waals surface area contributed by atoms with Crippen LogP contribution >= 0.6 is 0 Å². The summed E-state index contributed by atoms with van der Waals surface area (Å²) in [6, 6.07) is 8.74. The maximum Gasteiger partial charge on any atom is 0.160 e. The SMILES string of the molecule is F[C@H](CO[C@@H]1CC[C@@H](Nc2ncnc3[nH]ncc23)C[C@H]1F)c1ccccc1. The van der Waals surface area contributed by atoms with Crippen LogP contribution in [0.25, 0.3) is 11.0 Å². The van der Waals surface area contributed by atoms with Gasteiger partial charge >= 0.3 is 0 Å². The molecule has 1 aliphatic carbocycles. The monoisotopic (exact) mass is 373 g/mol. The summed E-state index contributed by atoms with van der Waals surface area (Å²) in [5, 5.41) is 10.8. The van der Waals surface area contributed by atoms with E-state index in [1.807, 2.05) is 6.07 Å². The lowest BCUT2D eigenvalue weighted by atomic mass is 9.91. The predicted octanol–water partition coefficient (Wildman–Crippen LogP) is 3.75. The van der Waals surface area contributed by atoms with Crippen LogP contribution in [0.3, 0.4) is 0 Å². The third-order valence-corrected chi connectivity index (χ3v) is 4.92. The Kier molecular flexibility index (Phi) is 5.24. The van der Waals surface area contributed by atoms with Gasteiger partial charge in [0, 0.05) is 12.5 Å². The zero-order valence-corrected chi connectivity index (χ0v) is 14.7. The first-order valence-electron chi connectivity index (χ1n) is 9.06. The minimum atomic E-state index is -1.25. The summed E-state index contributed by atoms with van der Waals surface area (Å²) < 4.78 is 34.3. The summed E-state index contributed by atoms with van der Waals surface area (Å²) in [4.78, 5) is 8.31. The molecule has 0 saturated heterocycles. The second-order valence-corrected chi connectivity index (χ2v) is 6.77. The van der Waals surface area contributed by atoms with Crippen molar-refractivity contribution in [1.29, 1.82) is 0 Å². The third-order valence-electron chi connectivity index (χ3n) is 4.92. The predicted molar refractivity (Wildman–Crippen MR) is 97.9 cm³/mol. The van der Waals surface area contributed by atoms with Crippen LogP contribution in [0.5, 0.6) is 0 Å². The number of aromatic nitrogens is 4. The lowest BCUT2D eigenvalue weighted by Gasteiger charge is -2.32. The maximum absolute atomic E-state index is 14.6. The van der Waals surface area contributed by atoms with Gasteiger partial charge in [0.25, 0.3) is 0 Å². The van der Waals surface area contributed by atoms with Gasteiger partial charge in [-0.2, -0.15) is 5.10 Å². The Morgan fingerprint density at radius 1 is 1.22 bits per heavy atom. The highest BCUT2D eigenvalue weighted by Gasteiger charge is 2.32. The van der Waals surface area contributed by atoms with E-state index >= 15 is 0 Å². The number of aromatic amines is 1. The molecule has 8 heteroatoms. The van der Waals surface area contributed by atoms with Gasteiger partial charge in [-0.25, -0.2) is 18.7 Å². The average molecular weight is 373 g/mol. The molecule has 0 spiro atoms. The number of nitrogens with zero attached hydrogens (tertiary/aromatic N) is 3. The number of anilines is 1. The van der Waals surface area contributed by atoms with E-state index in [0.717, 1.165) is 11.8 Å². The van der Waals surface area contributed by atoms with Crippen LogP contribution < -0.4 is 5.32 Å². The van der Waals surface area contributed by atoms with E-state index in [1.165, 1.54) is 6.33 Å². The summed E-state index contributed by atoms with van der Waals surface area (Å²) in [7, 11) is 0. The number of halogens is 2. The Hall–Kier alpha value is -2.61. The minimum Gasteiger partial charge on any atom is -0.372 e. The Bertz CT molecular complexity index is 875. The van der Waals surface area contributed by atoms with Crippen LogP contribution in [0.1, 0.15) is 31.0 Å². The van der Waals surface area contributed by atoms with Crippen molar-refractivity contribution >= 4 is 16.9 Å². The first-order valence-corrected chi connectivity index (χ1v) is 9.06. The fourth-order valence-electron chi connectivity index (χ4n) is 3.45. The van der Waals surface area contributed by atoms with Crippen LogP contribution in [0.4, 0.5) is 14.6 Å². The van der Waals surface area contributed by atoms with Crippen molar-refractivity contribution in [1.82, 2.24) is 20.2 Å². The Morgan fingerprint density at radius 2 is 2.07 bits per heavy atom. The van der Waals surface area contributed by atoms with Crippen molar-refractivity contribution in [3.63, 3.8) is 0 Å². The van der Waals surface area contributed by atoms with Crippen molar-refractivity contribution in [2.24, 2.45) is 0 Å². The van der Waals surface area contributed by atoms with E-state index in [9.17, 15) is 8.78 Å². The molecule has 3 aromatic rings. The van der Waals surface area contributed by atoms with Gasteiger partial charge in [0.1, 0.15) is 24.5 Å². The van der Waals surface area contributed by atoms with Crippen LogP contribution in [0.2, 0.25) is 0 Å². The van der Waals surface area contributed by atoms with E-state index in [0.29, 0.717) is 23.4 Å². The molecule has 0 aliphatic heterocycles. The number of hydrogen-bond acceptors (Lipinski definition) is 5. The largest absolute Gasteiger partial charge is 0.372 e. The number of fused-ring (bicyclic) bond motifs is 1. The Morgan fingerprint density at radius 3 is 2.89 bits per heavy atom. The molecule has 2 aromatic heterocycles. The van der Waals surface area contributed by atoms with Crippen molar-refractivity contribution < 1.29 is 13.5 Å². The number of nitrogens with one attached hydrogen (secondary N) is 2. The molecule has 1 aliphatic rings. The maximum atomic E-state index is 14.6. The number of rotatable bonds is 6. The molecule has 1 saturated carbocycles. The summed E-state index contributed by atoms with van der Waals surface area (Å²) in [5.41, 5.74) is 1.19. The number of H-pyrrole nitrogens is 1. The molecule has 0 bridgehead atoms. The fraction of sp³-hybridized carbons (Fsp3) is 0.421. The van der Waals surface area contributed by atoms with Crippen LogP contribution in [0, 0.1) is 0 Å². The van der Waals surface area contributed by atoms with E-state index in [4.69, 9.17) is 4.74 Å². The average Bonchev–Trinajstić information content (AvgIpc) is 3.18. The minimum absolute atomic E-state index is 0.0665. The lowest BCUT2D eigenvalue weighted by molar-refractivity contribution is -0.0455. The van der Waals surface area contributed by atoms with Crippen molar-refractivity contribution in [3.8, 4) is 0 Å². The smallest absolute Gasteiger partial charge is 0.160 e. The zero-order valence-electron chi connectivity index (χ0n) is 14.7. The molecule has 142 valence electrons. The number of ether oxygens (including phenoxy) is 1. The molecule has 6 nitrogen and oxygen atoms in total. The second kappa shape index (κ2) is 7.96. The second-order valence-electron chi connectivity index (χ2n) is 6.77. The zero-order chi connectivity index (χ0) is 18.6. The highest BCUT2D eigenvalue weighted by molar-refractivity contribution is 5.85. The topological polar surface area (TPSA) is 75.7 Å². The third kappa shape index (κ3) is 4.05. The normalized spacial score (nSPS) is 24.0. The molecule has 2 heterocycles. The molecule has 27 heavy (non-hydrogen) atoms. The highest BCUT2D eigenvalue weighted by Crippen LogP contribution is 2.29. The van der Waals surface area contributed by atoms with E-state index in [-0.39, 0.29) is 19.1 Å². The van der Waals surface area contributed by atoms with Gasteiger partial charge in [0.05, 0.1) is 24.3 Å². The summed E-state index contributed by atoms with van der Waals surface area (Å²) >= 11 is 0. The van der Waals surface area contributed by atoms with Crippen LogP contribution in [-0.4, -0.2) is 45.1 Å². The van der Waals surface area contributed by atoms with Crippen LogP contribution in [0.15, 0.2) is 42.9 Å². The van der Waals surface area contributed by atoms with Gasteiger partial charge in [0.2, 0.25) is 0 Å². The quantitative estimate of drug-likeness (QED) is 0.688. The summed E-state index contributed by atoms with van der Waals surface area (Å²) in [5.74, 6) is 0.637. The Labute approximate surface area is 155 Å². The molecule has 4 atom stereocenters. The van der Waals surface area contributed by atoms with Gasteiger partial charge in [-0.15, -0.1) is 0 Å². The van der Waals surface area contributed by atoms with Crippen molar-refractivity contribution in [2.45, 2.75) is 43.8 Å². The van der Waals surface area contributed by atoms with Gasteiger partial charge in [-0.3, -0.25) is 5.10 Å². The molecular formula is C19H21F2N5O. The van der Waals surface area contributed by atoms with Gasteiger partial charge in [-0.05, 0) is 18.4 Å². The van der Waals surface area contributed by atoms with Gasteiger partial charge < -0.3 is 10.1 Å². The Balaban J connectivity index is 1.31. The summed E-state index contributed by atoms with van der Waals surface area (Å²) in [6.07, 6.45) is 1.64. The number of alkyl halides is 2. The molecule has 0 unspecified atom stereocenters. The first kappa shape index (κ1) is 17.8. The molecular weight excluding hydrogens is 352 g/mol. The van der Waals surface area contributed by atoms with Crippen molar-refractivity contribution in [2.75, 3.05) is 11.9 Å². The highest BCUT2D eigenvalue weighted by atomic mass is 19.1. The molecule has 0 amide bonds. The van der Waals surface area contributed by atoms with E-state index in [2.05, 4.69) is 25.5 Å². The molecule has 1 fully saturated rings. The molecule has 4 rings (SSSR count). The van der Waals surface area contributed by atoms with Crippen LogP contribution in [-0.2, 0) is 4.74 Å². The standard InChI is InChI=1S/C19H21F2N5O/c20-15-8-13(25-18-14-9-24-26-19(14)23-11-22-18)6-7-17(15)27-10-16(21)12-4-2-1-3-5-12/h1-5,9,11,13,15-17H,6-8,10H2,(H2,22,23,24,25,26)/t13-,15-,16-,17-/m1/s1. The lowest BCUT2D eigenvalue weighted by Crippen LogP contribution is -2.39. The molecule has 1 aromatic carbocycles. The van der Waals surface area contributed by atoms with Crippen molar-refractivity contribution in [3.05, 3.63) is 48.4 Å². The molecule has 0 radical (unpaired) electrons.